The molecule has 2 N–H and O–H groups in total. The van der Waals surface area contributed by atoms with Crippen LogP contribution in [-0.4, -0.2) is 21.8 Å². The van der Waals surface area contributed by atoms with Crippen molar-refractivity contribution in [2.75, 3.05) is 0 Å². The molecule has 0 fully saturated rings. The lowest BCUT2D eigenvalue weighted by Crippen LogP contribution is -2.41. The number of nitrogens with two attached hydrogens (primary N) is 1. The standard InChI is InChI=1S/C11H18F3N3/c1-3-5-9-16-6-7-17(9)10(8(15)4-2)11(12,13)14/h6-8,10H,3-5,15H2,1-2H3. The molecule has 0 saturated heterocycles. The highest BCUT2D eigenvalue weighted by molar-refractivity contribution is 4.99. The number of rotatable bonds is 5. The van der Waals surface area contributed by atoms with E-state index in [1.165, 1.54) is 12.4 Å². The summed E-state index contributed by atoms with van der Waals surface area (Å²) in [4.78, 5) is 3.96. The zero-order valence-electron chi connectivity index (χ0n) is 10.0. The largest absolute Gasteiger partial charge is 0.410 e. The first-order chi connectivity index (χ1) is 7.91. The molecular weight excluding hydrogens is 231 g/mol. The van der Waals surface area contributed by atoms with E-state index in [1.807, 2.05) is 6.92 Å². The predicted molar refractivity (Wildman–Crippen MR) is 59.6 cm³/mol. The van der Waals surface area contributed by atoms with Crippen molar-refractivity contribution in [2.24, 2.45) is 5.73 Å². The molecule has 0 aromatic carbocycles. The highest BCUT2D eigenvalue weighted by Crippen LogP contribution is 2.34. The summed E-state index contributed by atoms with van der Waals surface area (Å²) in [7, 11) is 0. The molecule has 1 rings (SSSR count). The van der Waals surface area contributed by atoms with Gasteiger partial charge in [-0.3, -0.25) is 0 Å². The van der Waals surface area contributed by atoms with Gasteiger partial charge in [0.1, 0.15) is 11.9 Å². The van der Waals surface area contributed by atoms with Crippen LogP contribution in [0.1, 0.15) is 38.6 Å². The molecule has 0 spiro atoms. The second kappa shape index (κ2) is 5.53. The number of hydrogen-bond donors (Lipinski definition) is 1. The van der Waals surface area contributed by atoms with Crippen LogP contribution in [0.25, 0.3) is 0 Å². The highest BCUT2D eigenvalue weighted by Gasteiger charge is 2.44. The lowest BCUT2D eigenvalue weighted by molar-refractivity contribution is -0.173. The Balaban J connectivity index is 3.09. The highest BCUT2D eigenvalue weighted by atomic mass is 19.4. The molecule has 2 atom stereocenters. The van der Waals surface area contributed by atoms with E-state index < -0.39 is 18.3 Å². The van der Waals surface area contributed by atoms with Crippen molar-refractivity contribution in [3.63, 3.8) is 0 Å². The van der Waals surface area contributed by atoms with Gasteiger partial charge in [-0.15, -0.1) is 0 Å². The number of hydrogen-bond acceptors (Lipinski definition) is 2. The normalized spacial score (nSPS) is 15.9. The Hall–Kier alpha value is -1.04. The average Bonchev–Trinajstić information content (AvgIpc) is 2.65. The van der Waals surface area contributed by atoms with E-state index in [0.717, 1.165) is 11.0 Å². The van der Waals surface area contributed by atoms with Crippen molar-refractivity contribution in [1.29, 1.82) is 0 Å². The lowest BCUT2D eigenvalue weighted by Gasteiger charge is -2.28. The van der Waals surface area contributed by atoms with E-state index >= 15 is 0 Å². The smallest absolute Gasteiger partial charge is 0.326 e. The second-order valence-corrected chi connectivity index (χ2v) is 4.06. The van der Waals surface area contributed by atoms with Crippen molar-refractivity contribution in [3.8, 4) is 0 Å². The van der Waals surface area contributed by atoms with Crippen molar-refractivity contribution < 1.29 is 13.2 Å². The van der Waals surface area contributed by atoms with Gasteiger partial charge >= 0.3 is 6.18 Å². The molecule has 6 heteroatoms. The zero-order valence-corrected chi connectivity index (χ0v) is 10.0. The summed E-state index contributed by atoms with van der Waals surface area (Å²) >= 11 is 0. The van der Waals surface area contributed by atoms with Crippen molar-refractivity contribution in [3.05, 3.63) is 18.2 Å². The maximum absolute atomic E-state index is 13.0. The number of halogens is 3. The third kappa shape index (κ3) is 3.21. The topological polar surface area (TPSA) is 43.8 Å². The maximum atomic E-state index is 13.0. The van der Waals surface area contributed by atoms with Crippen LogP contribution in [0.5, 0.6) is 0 Å². The summed E-state index contributed by atoms with van der Waals surface area (Å²) in [5.41, 5.74) is 5.59. The molecule has 0 bridgehead atoms. The molecule has 1 heterocycles. The summed E-state index contributed by atoms with van der Waals surface area (Å²) in [5.74, 6) is 0.443. The summed E-state index contributed by atoms with van der Waals surface area (Å²) < 4.78 is 40.2. The first kappa shape index (κ1) is 14.0. The fourth-order valence-electron chi connectivity index (χ4n) is 1.84. The van der Waals surface area contributed by atoms with Crippen molar-refractivity contribution in [2.45, 2.75) is 51.4 Å². The third-order valence-corrected chi connectivity index (χ3v) is 2.73. The molecule has 1 aromatic rings. The van der Waals surface area contributed by atoms with E-state index in [9.17, 15) is 13.2 Å². The zero-order chi connectivity index (χ0) is 13.1. The van der Waals surface area contributed by atoms with Crippen LogP contribution in [0.2, 0.25) is 0 Å². The number of alkyl halides is 3. The van der Waals surface area contributed by atoms with Gasteiger partial charge in [0.25, 0.3) is 0 Å². The van der Waals surface area contributed by atoms with Gasteiger partial charge in [0, 0.05) is 24.9 Å². The number of nitrogens with zero attached hydrogens (tertiary/aromatic N) is 2. The van der Waals surface area contributed by atoms with Crippen LogP contribution >= 0.6 is 0 Å². The van der Waals surface area contributed by atoms with Crippen LogP contribution in [0.3, 0.4) is 0 Å². The minimum atomic E-state index is -4.35. The number of aryl methyl sites for hydroxylation is 1. The molecule has 2 unspecified atom stereocenters. The first-order valence-corrected chi connectivity index (χ1v) is 5.75. The maximum Gasteiger partial charge on any atom is 0.410 e. The summed E-state index contributed by atoms with van der Waals surface area (Å²) in [5, 5.41) is 0. The molecule has 98 valence electrons. The van der Waals surface area contributed by atoms with Gasteiger partial charge in [-0.25, -0.2) is 4.98 Å². The fraction of sp³-hybridized carbons (Fsp3) is 0.727. The Kier molecular flexibility index (Phi) is 4.56. The van der Waals surface area contributed by atoms with Crippen LogP contribution in [-0.2, 0) is 6.42 Å². The monoisotopic (exact) mass is 249 g/mol. The molecule has 0 radical (unpaired) electrons. The Morgan fingerprint density at radius 3 is 2.53 bits per heavy atom. The van der Waals surface area contributed by atoms with Gasteiger partial charge in [0.05, 0.1) is 0 Å². The van der Waals surface area contributed by atoms with Gasteiger partial charge in [-0.05, 0) is 12.8 Å². The van der Waals surface area contributed by atoms with Crippen LogP contribution in [0, 0.1) is 0 Å². The van der Waals surface area contributed by atoms with Crippen molar-refractivity contribution >= 4 is 0 Å². The minimum Gasteiger partial charge on any atom is -0.326 e. The molecule has 0 amide bonds. The molecule has 17 heavy (non-hydrogen) atoms. The molecule has 0 aliphatic heterocycles. The van der Waals surface area contributed by atoms with Gasteiger partial charge in [-0.2, -0.15) is 13.2 Å². The molecule has 0 saturated carbocycles. The fourth-order valence-corrected chi connectivity index (χ4v) is 1.84. The minimum absolute atomic E-state index is 0.272. The average molecular weight is 249 g/mol. The van der Waals surface area contributed by atoms with Crippen molar-refractivity contribution in [1.82, 2.24) is 9.55 Å². The third-order valence-electron chi connectivity index (χ3n) is 2.73. The van der Waals surface area contributed by atoms with Crippen LogP contribution in [0.4, 0.5) is 13.2 Å². The molecule has 1 aromatic heterocycles. The van der Waals surface area contributed by atoms with Gasteiger partial charge in [0.15, 0.2) is 0 Å². The Morgan fingerprint density at radius 2 is 2.06 bits per heavy atom. The number of imidazole rings is 1. The van der Waals surface area contributed by atoms with Gasteiger partial charge in [-0.1, -0.05) is 13.8 Å². The molecular formula is C11H18F3N3. The molecule has 0 aliphatic carbocycles. The first-order valence-electron chi connectivity index (χ1n) is 5.75. The van der Waals surface area contributed by atoms with E-state index in [4.69, 9.17) is 5.73 Å². The SMILES string of the molecule is CCCc1nccn1C(C(N)CC)C(F)(F)F. The second-order valence-electron chi connectivity index (χ2n) is 4.06. The van der Waals surface area contributed by atoms with E-state index in [0.29, 0.717) is 12.2 Å². The Morgan fingerprint density at radius 1 is 1.41 bits per heavy atom. The van der Waals surface area contributed by atoms with E-state index in [2.05, 4.69) is 4.98 Å². The van der Waals surface area contributed by atoms with Crippen LogP contribution in [0.15, 0.2) is 12.4 Å². The van der Waals surface area contributed by atoms with Gasteiger partial charge in [0.2, 0.25) is 0 Å². The quantitative estimate of drug-likeness (QED) is 0.871. The Bertz CT molecular complexity index is 346. The summed E-state index contributed by atoms with van der Waals surface area (Å²) in [6.07, 6.45) is -0.0453. The van der Waals surface area contributed by atoms with E-state index in [-0.39, 0.29) is 6.42 Å². The Labute approximate surface area is 98.8 Å². The summed E-state index contributed by atoms with van der Waals surface area (Å²) in [6.45, 7) is 3.56. The molecule has 3 nitrogen and oxygen atoms in total. The predicted octanol–water partition coefficient (Wildman–Crippen LogP) is 2.68. The number of aromatic nitrogens is 2. The molecule has 0 aliphatic rings. The lowest BCUT2D eigenvalue weighted by atomic mass is 10.1. The van der Waals surface area contributed by atoms with Gasteiger partial charge < -0.3 is 10.3 Å². The van der Waals surface area contributed by atoms with Crippen LogP contribution < -0.4 is 5.73 Å². The summed E-state index contributed by atoms with van der Waals surface area (Å²) in [6, 6.07) is -2.63. The van der Waals surface area contributed by atoms with E-state index in [1.54, 1.807) is 6.92 Å².